The largest absolute Gasteiger partial charge is 0.496 e. The number of ether oxygens (including phenoxy) is 4. The molecule has 2 aromatic carbocycles. The van der Waals surface area contributed by atoms with Crippen LogP contribution < -0.4 is 29.1 Å². The van der Waals surface area contributed by atoms with Crippen molar-refractivity contribution in [1.82, 2.24) is 4.57 Å². The van der Waals surface area contributed by atoms with E-state index in [1.807, 2.05) is 31.2 Å². The lowest BCUT2D eigenvalue weighted by Gasteiger charge is -2.26. The fraction of sp³-hybridized carbons (Fsp3) is 0.296. The molecule has 1 aliphatic rings. The summed E-state index contributed by atoms with van der Waals surface area (Å²) in [7, 11) is 3.16. The Morgan fingerprint density at radius 3 is 2.50 bits per heavy atom. The van der Waals surface area contributed by atoms with E-state index in [4.69, 9.17) is 18.9 Å². The third-order valence-corrected chi connectivity index (χ3v) is 8.38. The maximum Gasteiger partial charge on any atom is 0.338 e. The van der Waals surface area contributed by atoms with Crippen molar-refractivity contribution in [3.05, 3.63) is 80.5 Å². The zero-order valence-electron chi connectivity index (χ0n) is 21.5. The lowest BCUT2D eigenvalue weighted by molar-refractivity contribution is -0.139. The normalized spacial score (nSPS) is 15.1. The fourth-order valence-electron chi connectivity index (χ4n) is 4.20. The Morgan fingerprint density at radius 1 is 1.13 bits per heavy atom. The number of allylic oxidation sites excluding steroid dienone is 1. The first-order valence-corrected chi connectivity index (χ1v) is 14.5. The summed E-state index contributed by atoms with van der Waals surface area (Å²) in [6.45, 7) is 6.02. The topological polar surface area (TPSA) is 88.4 Å². The summed E-state index contributed by atoms with van der Waals surface area (Å²) in [6.07, 6.45) is 1.82. The quantitative estimate of drug-likeness (QED) is 0.251. The third kappa shape index (κ3) is 5.41. The maximum atomic E-state index is 13.9. The Morgan fingerprint density at radius 2 is 1.87 bits per heavy atom. The second kappa shape index (κ2) is 12.0. The van der Waals surface area contributed by atoms with Gasteiger partial charge in [0.2, 0.25) is 0 Å². The van der Waals surface area contributed by atoms with E-state index >= 15 is 0 Å². The van der Waals surface area contributed by atoms with Gasteiger partial charge in [0.05, 0.1) is 52.8 Å². The summed E-state index contributed by atoms with van der Waals surface area (Å²) in [4.78, 5) is 32.2. The molecule has 1 aliphatic heterocycles. The molecule has 2 heterocycles. The van der Waals surface area contributed by atoms with Gasteiger partial charge in [-0.3, -0.25) is 9.36 Å². The molecule has 1 aromatic heterocycles. The number of thiazole rings is 1. The van der Waals surface area contributed by atoms with Crippen molar-refractivity contribution in [2.45, 2.75) is 26.8 Å². The van der Waals surface area contributed by atoms with Crippen LogP contribution in [0.3, 0.4) is 0 Å². The number of aromatic nitrogens is 1. The molecule has 38 heavy (non-hydrogen) atoms. The van der Waals surface area contributed by atoms with Crippen LogP contribution in [-0.2, 0) is 9.53 Å². The molecule has 0 radical (unpaired) electrons. The van der Waals surface area contributed by atoms with Gasteiger partial charge >= 0.3 is 5.97 Å². The Bertz CT molecular complexity index is 1610. The van der Waals surface area contributed by atoms with E-state index in [0.717, 1.165) is 14.9 Å². The van der Waals surface area contributed by atoms with Gasteiger partial charge in [-0.1, -0.05) is 33.3 Å². The molecular weight excluding hydrogens is 687 g/mol. The van der Waals surface area contributed by atoms with E-state index in [1.54, 1.807) is 44.8 Å². The number of fused-ring (bicyclic) bond motifs is 1. The van der Waals surface area contributed by atoms with Crippen molar-refractivity contribution >= 4 is 61.9 Å². The predicted octanol–water partition coefficient (Wildman–Crippen LogP) is 4.58. The van der Waals surface area contributed by atoms with E-state index in [2.05, 4.69) is 43.5 Å². The molecule has 0 saturated heterocycles. The molecule has 0 saturated carbocycles. The van der Waals surface area contributed by atoms with Crippen LogP contribution in [0.15, 0.2) is 55.9 Å². The molecule has 1 atom stereocenters. The number of esters is 1. The molecule has 0 fully saturated rings. The van der Waals surface area contributed by atoms with Crippen LogP contribution in [0.4, 0.5) is 0 Å². The molecule has 0 amide bonds. The van der Waals surface area contributed by atoms with Crippen molar-refractivity contribution in [3.63, 3.8) is 0 Å². The van der Waals surface area contributed by atoms with Gasteiger partial charge in [0.1, 0.15) is 5.75 Å². The van der Waals surface area contributed by atoms with Gasteiger partial charge in [-0.2, -0.15) is 0 Å². The standard InChI is InChI=1S/C27H26BrIN2O6S/c1-6-36-21-13-17(28)16(12-20(21)35-5)24-23(26(33)37-7-2)14(3)30-27-31(24)25(32)22(38-27)11-15-8-9-19(34-4)18(29)10-15/h8-13,24H,6-7H2,1-5H3/b22-11+/t24-/m1/s1. The minimum Gasteiger partial charge on any atom is -0.496 e. The van der Waals surface area contributed by atoms with E-state index in [9.17, 15) is 9.59 Å². The maximum absolute atomic E-state index is 13.9. The van der Waals surface area contributed by atoms with Gasteiger partial charge in [0, 0.05) is 4.47 Å². The van der Waals surface area contributed by atoms with Gasteiger partial charge in [-0.05, 0) is 84.8 Å². The number of nitrogens with zero attached hydrogens (tertiary/aromatic N) is 2. The second-order valence-electron chi connectivity index (χ2n) is 8.15. The molecule has 11 heteroatoms. The van der Waals surface area contributed by atoms with Gasteiger partial charge in [0.15, 0.2) is 16.3 Å². The van der Waals surface area contributed by atoms with Crippen molar-refractivity contribution in [2.75, 3.05) is 27.4 Å². The molecule has 8 nitrogen and oxygen atoms in total. The molecule has 0 N–H and O–H groups in total. The lowest BCUT2D eigenvalue weighted by Crippen LogP contribution is -2.40. The van der Waals surface area contributed by atoms with Crippen LogP contribution in [0, 0.1) is 3.57 Å². The molecule has 0 aliphatic carbocycles. The number of benzene rings is 2. The van der Waals surface area contributed by atoms with Crippen LogP contribution in [0.1, 0.15) is 37.9 Å². The van der Waals surface area contributed by atoms with E-state index in [1.165, 1.54) is 11.3 Å². The second-order valence-corrected chi connectivity index (χ2v) is 11.2. The molecule has 0 bridgehead atoms. The van der Waals surface area contributed by atoms with E-state index < -0.39 is 12.0 Å². The average molecular weight is 713 g/mol. The summed E-state index contributed by atoms with van der Waals surface area (Å²) in [5.74, 6) is 1.26. The highest BCUT2D eigenvalue weighted by Gasteiger charge is 2.35. The number of hydrogen-bond donors (Lipinski definition) is 0. The molecule has 4 rings (SSSR count). The minimum atomic E-state index is -0.789. The minimum absolute atomic E-state index is 0.191. The van der Waals surface area contributed by atoms with Crippen molar-refractivity contribution in [3.8, 4) is 17.2 Å². The van der Waals surface area contributed by atoms with Crippen molar-refractivity contribution in [2.24, 2.45) is 4.99 Å². The average Bonchev–Trinajstić information content (AvgIpc) is 3.18. The monoisotopic (exact) mass is 712 g/mol. The number of carbonyl (C=O) groups is 1. The summed E-state index contributed by atoms with van der Waals surface area (Å²) in [5.41, 5.74) is 2.01. The molecule has 3 aromatic rings. The van der Waals surface area contributed by atoms with Gasteiger partial charge in [0.25, 0.3) is 5.56 Å². The number of methoxy groups -OCH3 is 2. The predicted molar refractivity (Wildman–Crippen MR) is 158 cm³/mol. The highest BCUT2D eigenvalue weighted by molar-refractivity contribution is 14.1. The van der Waals surface area contributed by atoms with Gasteiger partial charge in [-0.15, -0.1) is 0 Å². The highest BCUT2D eigenvalue weighted by atomic mass is 127. The first kappa shape index (κ1) is 28.4. The molecular formula is C27H26BrIN2O6S. The van der Waals surface area contributed by atoms with Gasteiger partial charge < -0.3 is 18.9 Å². The zero-order chi connectivity index (χ0) is 27.6. The van der Waals surface area contributed by atoms with E-state index in [0.29, 0.717) is 43.2 Å². The Hall–Kier alpha value is -2.64. The first-order chi connectivity index (χ1) is 18.2. The molecule has 0 unspecified atom stereocenters. The van der Waals surface area contributed by atoms with Crippen molar-refractivity contribution < 1.29 is 23.7 Å². The van der Waals surface area contributed by atoms with E-state index in [-0.39, 0.29) is 17.7 Å². The van der Waals surface area contributed by atoms with Crippen molar-refractivity contribution in [1.29, 1.82) is 0 Å². The summed E-state index contributed by atoms with van der Waals surface area (Å²) in [6, 6.07) is 8.46. The van der Waals surface area contributed by atoms with Crippen LogP contribution >= 0.6 is 49.9 Å². The van der Waals surface area contributed by atoms with Crippen LogP contribution in [0.25, 0.3) is 6.08 Å². The highest BCUT2D eigenvalue weighted by Crippen LogP contribution is 2.41. The summed E-state index contributed by atoms with van der Waals surface area (Å²) >= 11 is 7.10. The molecule has 0 spiro atoms. The summed E-state index contributed by atoms with van der Waals surface area (Å²) < 4.78 is 25.7. The lowest BCUT2D eigenvalue weighted by atomic mass is 9.95. The van der Waals surface area contributed by atoms with Crippen LogP contribution in [0.5, 0.6) is 17.2 Å². The van der Waals surface area contributed by atoms with Gasteiger partial charge in [-0.25, -0.2) is 9.79 Å². The number of carbonyl (C=O) groups excluding carboxylic acids is 1. The molecule has 200 valence electrons. The Balaban J connectivity index is 1.98. The SMILES string of the molecule is CCOC(=O)C1=C(C)N=c2s/c(=C/c3ccc(OC)c(I)c3)c(=O)n2[C@@H]1c1cc(OC)c(OCC)cc1Br. The Kier molecular flexibility index (Phi) is 8.99. The Labute approximate surface area is 245 Å². The smallest absolute Gasteiger partial charge is 0.338 e. The third-order valence-electron chi connectivity index (χ3n) is 5.87. The fourth-order valence-corrected chi connectivity index (χ4v) is 6.54. The number of rotatable bonds is 8. The first-order valence-electron chi connectivity index (χ1n) is 11.8. The number of hydrogen-bond acceptors (Lipinski definition) is 8. The summed E-state index contributed by atoms with van der Waals surface area (Å²) in [5, 5.41) is 0. The zero-order valence-corrected chi connectivity index (χ0v) is 26.0. The van der Waals surface area contributed by atoms with Crippen LogP contribution in [0.2, 0.25) is 0 Å². The van der Waals surface area contributed by atoms with Crippen LogP contribution in [-0.4, -0.2) is 38.0 Å². The number of halogens is 2.